The lowest BCUT2D eigenvalue weighted by molar-refractivity contribution is 0.386. The fourth-order valence-corrected chi connectivity index (χ4v) is 1.71. The molecule has 0 saturated heterocycles. The standard InChI is InChI=1S/C14H17FN2O2/c1-3-6-16-9-14-17-8-13(19-14)10-4-5-11(15)12(7-10)18-2/h4-5,7-8,16H,3,6,9H2,1-2H3. The Morgan fingerprint density at radius 3 is 3.00 bits per heavy atom. The topological polar surface area (TPSA) is 47.3 Å². The summed E-state index contributed by atoms with van der Waals surface area (Å²) in [5.74, 6) is 1.02. The Morgan fingerprint density at radius 1 is 1.42 bits per heavy atom. The van der Waals surface area contributed by atoms with E-state index in [2.05, 4.69) is 17.2 Å². The van der Waals surface area contributed by atoms with Gasteiger partial charge in [-0.15, -0.1) is 0 Å². The van der Waals surface area contributed by atoms with Crippen molar-refractivity contribution in [3.63, 3.8) is 0 Å². The minimum Gasteiger partial charge on any atom is -0.494 e. The maximum Gasteiger partial charge on any atom is 0.208 e. The Labute approximate surface area is 111 Å². The summed E-state index contributed by atoms with van der Waals surface area (Å²) in [5.41, 5.74) is 0.743. The predicted octanol–water partition coefficient (Wildman–Crippen LogP) is 2.99. The lowest BCUT2D eigenvalue weighted by atomic mass is 10.2. The molecule has 0 saturated carbocycles. The highest BCUT2D eigenvalue weighted by molar-refractivity contribution is 5.59. The maximum atomic E-state index is 13.3. The van der Waals surface area contributed by atoms with Gasteiger partial charge in [-0.1, -0.05) is 6.92 Å². The molecule has 1 aromatic heterocycles. The van der Waals surface area contributed by atoms with Crippen molar-refractivity contribution < 1.29 is 13.5 Å². The van der Waals surface area contributed by atoms with Crippen molar-refractivity contribution in [2.24, 2.45) is 0 Å². The molecule has 0 radical (unpaired) electrons. The van der Waals surface area contributed by atoms with Gasteiger partial charge in [-0.05, 0) is 31.2 Å². The molecule has 1 N–H and O–H groups in total. The zero-order valence-electron chi connectivity index (χ0n) is 11.1. The molecule has 4 nitrogen and oxygen atoms in total. The summed E-state index contributed by atoms with van der Waals surface area (Å²) in [6, 6.07) is 4.59. The SMILES string of the molecule is CCCNCc1ncc(-c2ccc(F)c(OC)c2)o1. The fraction of sp³-hybridized carbons (Fsp3) is 0.357. The van der Waals surface area contributed by atoms with E-state index in [0.29, 0.717) is 18.2 Å². The molecule has 2 aromatic rings. The highest BCUT2D eigenvalue weighted by Crippen LogP contribution is 2.26. The second kappa shape index (κ2) is 6.33. The minimum atomic E-state index is -0.393. The van der Waals surface area contributed by atoms with Gasteiger partial charge in [-0.3, -0.25) is 0 Å². The van der Waals surface area contributed by atoms with E-state index in [-0.39, 0.29) is 5.75 Å². The summed E-state index contributed by atoms with van der Waals surface area (Å²) in [6.45, 7) is 3.60. The number of methoxy groups -OCH3 is 1. The molecular formula is C14H17FN2O2. The predicted molar refractivity (Wildman–Crippen MR) is 70.4 cm³/mol. The van der Waals surface area contributed by atoms with E-state index in [0.717, 1.165) is 18.5 Å². The lowest BCUT2D eigenvalue weighted by Crippen LogP contribution is -2.13. The Balaban J connectivity index is 2.13. The average Bonchev–Trinajstić information content (AvgIpc) is 2.88. The van der Waals surface area contributed by atoms with Crippen molar-refractivity contribution in [2.75, 3.05) is 13.7 Å². The Morgan fingerprint density at radius 2 is 2.26 bits per heavy atom. The number of halogens is 1. The van der Waals surface area contributed by atoms with Gasteiger partial charge in [0.05, 0.1) is 19.9 Å². The van der Waals surface area contributed by atoms with Crippen LogP contribution in [0.15, 0.2) is 28.8 Å². The molecule has 0 bridgehead atoms. The molecule has 0 amide bonds. The third-order valence-corrected chi connectivity index (χ3v) is 2.69. The molecule has 1 aromatic carbocycles. The van der Waals surface area contributed by atoms with Gasteiger partial charge in [0.25, 0.3) is 0 Å². The van der Waals surface area contributed by atoms with Crippen LogP contribution in [-0.2, 0) is 6.54 Å². The van der Waals surface area contributed by atoms with Gasteiger partial charge in [0.2, 0.25) is 5.89 Å². The molecular weight excluding hydrogens is 247 g/mol. The van der Waals surface area contributed by atoms with Crippen LogP contribution in [0.25, 0.3) is 11.3 Å². The molecule has 2 rings (SSSR count). The lowest BCUT2D eigenvalue weighted by Gasteiger charge is -2.03. The second-order valence-electron chi connectivity index (χ2n) is 4.14. The smallest absolute Gasteiger partial charge is 0.208 e. The highest BCUT2D eigenvalue weighted by Gasteiger charge is 2.09. The van der Waals surface area contributed by atoms with E-state index in [1.807, 2.05) is 0 Å². The van der Waals surface area contributed by atoms with Gasteiger partial charge < -0.3 is 14.5 Å². The summed E-state index contributed by atoms with van der Waals surface area (Å²) < 4.78 is 23.9. The van der Waals surface area contributed by atoms with Crippen molar-refractivity contribution in [3.8, 4) is 17.1 Å². The van der Waals surface area contributed by atoms with E-state index in [9.17, 15) is 4.39 Å². The summed E-state index contributed by atoms with van der Waals surface area (Å²) >= 11 is 0. The Bertz CT molecular complexity index is 540. The van der Waals surface area contributed by atoms with Crippen molar-refractivity contribution in [3.05, 3.63) is 36.1 Å². The number of ether oxygens (including phenoxy) is 1. The van der Waals surface area contributed by atoms with Gasteiger partial charge in [-0.25, -0.2) is 9.37 Å². The monoisotopic (exact) mass is 264 g/mol. The zero-order valence-corrected chi connectivity index (χ0v) is 11.1. The largest absolute Gasteiger partial charge is 0.494 e. The molecule has 0 aliphatic carbocycles. The molecule has 1 heterocycles. The van der Waals surface area contributed by atoms with Crippen LogP contribution in [0.2, 0.25) is 0 Å². The van der Waals surface area contributed by atoms with E-state index < -0.39 is 5.82 Å². The molecule has 0 aliphatic rings. The average molecular weight is 264 g/mol. The van der Waals surface area contributed by atoms with Crippen LogP contribution >= 0.6 is 0 Å². The minimum absolute atomic E-state index is 0.194. The van der Waals surface area contributed by atoms with Crippen molar-refractivity contribution in [2.45, 2.75) is 19.9 Å². The number of hydrogen-bond donors (Lipinski definition) is 1. The third kappa shape index (κ3) is 3.32. The van der Waals surface area contributed by atoms with Crippen LogP contribution in [0.4, 0.5) is 4.39 Å². The second-order valence-corrected chi connectivity index (χ2v) is 4.14. The molecule has 19 heavy (non-hydrogen) atoms. The molecule has 0 unspecified atom stereocenters. The normalized spacial score (nSPS) is 10.7. The van der Waals surface area contributed by atoms with E-state index >= 15 is 0 Å². The first-order valence-corrected chi connectivity index (χ1v) is 6.24. The van der Waals surface area contributed by atoms with Gasteiger partial charge >= 0.3 is 0 Å². The third-order valence-electron chi connectivity index (χ3n) is 2.69. The van der Waals surface area contributed by atoms with Crippen LogP contribution in [0.5, 0.6) is 5.75 Å². The van der Waals surface area contributed by atoms with Gasteiger partial charge in [0, 0.05) is 5.56 Å². The van der Waals surface area contributed by atoms with Gasteiger partial charge in [-0.2, -0.15) is 0 Å². The van der Waals surface area contributed by atoms with Crippen molar-refractivity contribution in [1.82, 2.24) is 10.3 Å². The Kier molecular flexibility index (Phi) is 4.52. The van der Waals surface area contributed by atoms with Crippen LogP contribution in [0, 0.1) is 5.82 Å². The van der Waals surface area contributed by atoms with Crippen LogP contribution in [0.3, 0.4) is 0 Å². The zero-order chi connectivity index (χ0) is 13.7. The Hall–Kier alpha value is -1.88. The molecule has 102 valence electrons. The van der Waals surface area contributed by atoms with Gasteiger partial charge in [0.1, 0.15) is 0 Å². The van der Waals surface area contributed by atoms with Crippen molar-refractivity contribution >= 4 is 0 Å². The van der Waals surface area contributed by atoms with Crippen molar-refractivity contribution in [1.29, 1.82) is 0 Å². The van der Waals surface area contributed by atoms with E-state index in [1.165, 1.54) is 13.2 Å². The summed E-state index contributed by atoms with van der Waals surface area (Å²) in [5, 5.41) is 3.21. The molecule has 0 atom stereocenters. The number of benzene rings is 1. The van der Waals surface area contributed by atoms with E-state index in [1.54, 1.807) is 18.3 Å². The fourth-order valence-electron chi connectivity index (χ4n) is 1.71. The number of aromatic nitrogens is 1. The van der Waals surface area contributed by atoms with E-state index in [4.69, 9.17) is 9.15 Å². The van der Waals surface area contributed by atoms with Crippen LogP contribution < -0.4 is 10.1 Å². The number of nitrogens with zero attached hydrogens (tertiary/aromatic N) is 1. The van der Waals surface area contributed by atoms with Crippen LogP contribution in [0.1, 0.15) is 19.2 Å². The summed E-state index contributed by atoms with van der Waals surface area (Å²) in [6.07, 6.45) is 2.69. The summed E-state index contributed by atoms with van der Waals surface area (Å²) in [4.78, 5) is 4.18. The first-order chi connectivity index (χ1) is 9.24. The highest BCUT2D eigenvalue weighted by atomic mass is 19.1. The molecule has 0 fully saturated rings. The number of oxazole rings is 1. The first-order valence-electron chi connectivity index (χ1n) is 6.24. The molecule has 0 aliphatic heterocycles. The number of hydrogen-bond acceptors (Lipinski definition) is 4. The molecule has 0 spiro atoms. The first kappa shape index (κ1) is 13.5. The van der Waals surface area contributed by atoms with Crippen LogP contribution in [-0.4, -0.2) is 18.6 Å². The van der Waals surface area contributed by atoms with Gasteiger partial charge in [0.15, 0.2) is 17.3 Å². The quantitative estimate of drug-likeness (QED) is 0.815. The molecule has 5 heteroatoms. The number of nitrogens with one attached hydrogen (secondary N) is 1. The number of rotatable bonds is 6. The maximum absolute atomic E-state index is 13.3. The summed E-state index contributed by atoms with van der Waals surface area (Å²) in [7, 11) is 1.43.